The first-order valence-electron chi connectivity index (χ1n) is 11.5. The van der Waals surface area contributed by atoms with Crippen molar-refractivity contribution >= 4 is 22.7 Å². The van der Waals surface area contributed by atoms with Crippen LogP contribution in [0.5, 0.6) is 5.75 Å². The fourth-order valence-electron chi connectivity index (χ4n) is 4.48. The van der Waals surface area contributed by atoms with Gasteiger partial charge in [0, 0.05) is 34.1 Å². The maximum Gasteiger partial charge on any atom is 0.417 e. The Hall–Kier alpha value is -3.60. The molecule has 11 heteroatoms. The average Bonchev–Trinajstić information content (AvgIpc) is 3.22. The normalized spacial score (nSPS) is 15.1. The molecule has 3 rings (SSSR count). The molecule has 7 nitrogen and oxygen atoms in total. The van der Waals surface area contributed by atoms with Gasteiger partial charge in [0.1, 0.15) is 11.6 Å². The maximum absolute atomic E-state index is 14.3. The smallest absolute Gasteiger partial charge is 0.417 e. The SMILES string of the molecule is CCC(C)(CC(O)(Cc1cc2cc(C(=O)NCC(N)=O)ccc2[nH]1)C(F)(F)F)c1cc(F)ccc1OC. The highest BCUT2D eigenvalue weighted by Crippen LogP contribution is 2.47. The minimum absolute atomic E-state index is 0.0918. The first-order valence-corrected chi connectivity index (χ1v) is 11.5. The van der Waals surface area contributed by atoms with E-state index in [0.717, 1.165) is 12.1 Å². The number of aromatic amines is 1. The van der Waals surface area contributed by atoms with E-state index >= 15 is 0 Å². The topological polar surface area (TPSA) is 117 Å². The van der Waals surface area contributed by atoms with Crippen LogP contribution in [0.2, 0.25) is 0 Å². The van der Waals surface area contributed by atoms with E-state index < -0.39 is 47.7 Å². The van der Waals surface area contributed by atoms with E-state index in [0.29, 0.717) is 10.9 Å². The molecule has 1 heterocycles. The van der Waals surface area contributed by atoms with Crippen molar-refractivity contribution in [2.24, 2.45) is 5.73 Å². The van der Waals surface area contributed by atoms with E-state index in [-0.39, 0.29) is 35.5 Å². The Balaban J connectivity index is 1.96. The molecule has 0 spiro atoms. The molecular formula is C26H29F4N3O4. The van der Waals surface area contributed by atoms with Crippen LogP contribution >= 0.6 is 0 Å². The van der Waals surface area contributed by atoms with Crippen molar-refractivity contribution in [1.29, 1.82) is 0 Å². The van der Waals surface area contributed by atoms with Crippen LogP contribution in [0.3, 0.4) is 0 Å². The van der Waals surface area contributed by atoms with Crippen molar-refractivity contribution in [2.75, 3.05) is 13.7 Å². The lowest BCUT2D eigenvalue weighted by atomic mass is 9.70. The predicted molar refractivity (Wildman–Crippen MR) is 130 cm³/mol. The largest absolute Gasteiger partial charge is 0.496 e. The number of amides is 2. The van der Waals surface area contributed by atoms with Gasteiger partial charge in [-0.2, -0.15) is 13.2 Å². The van der Waals surface area contributed by atoms with Crippen molar-refractivity contribution < 1.29 is 37.0 Å². The van der Waals surface area contributed by atoms with Crippen LogP contribution in [0.25, 0.3) is 10.9 Å². The monoisotopic (exact) mass is 523 g/mol. The number of aromatic nitrogens is 1. The minimum atomic E-state index is -5.01. The molecule has 2 unspecified atom stereocenters. The zero-order valence-corrected chi connectivity index (χ0v) is 20.6. The Morgan fingerprint density at radius 3 is 2.43 bits per heavy atom. The highest BCUT2D eigenvalue weighted by atomic mass is 19.4. The molecule has 0 bridgehead atoms. The van der Waals surface area contributed by atoms with Crippen molar-refractivity contribution in [3.05, 3.63) is 65.1 Å². The number of fused-ring (bicyclic) bond motifs is 1. The molecule has 0 aliphatic carbocycles. The Morgan fingerprint density at radius 1 is 1.14 bits per heavy atom. The Morgan fingerprint density at radius 2 is 1.84 bits per heavy atom. The third-order valence-corrected chi connectivity index (χ3v) is 6.65. The summed E-state index contributed by atoms with van der Waals surface area (Å²) < 4.78 is 62.4. The summed E-state index contributed by atoms with van der Waals surface area (Å²) in [5.74, 6) is -1.70. The number of alkyl halides is 3. The van der Waals surface area contributed by atoms with Crippen molar-refractivity contribution in [3.8, 4) is 5.75 Å². The quantitative estimate of drug-likeness (QED) is 0.299. The number of carbonyl (C=O) groups is 2. The second kappa shape index (κ2) is 10.4. The van der Waals surface area contributed by atoms with Gasteiger partial charge in [-0.25, -0.2) is 4.39 Å². The number of nitrogens with two attached hydrogens (primary N) is 1. The fourth-order valence-corrected chi connectivity index (χ4v) is 4.48. The summed E-state index contributed by atoms with van der Waals surface area (Å²) in [6.07, 6.45) is -6.40. The van der Waals surface area contributed by atoms with Gasteiger partial charge in [-0.1, -0.05) is 13.8 Å². The molecule has 2 atom stereocenters. The van der Waals surface area contributed by atoms with Gasteiger partial charge >= 0.3 is 6.18 Å². The fraction of sp³-hybridized carbons (Fsp3) is 0.385. The molecule has 0 fully saturated rings. The van der Waals surface area contributed by atoms with Crippen LogP contribution in [0.4, 0.5) is 17.6 Å². The molecule has 0 aliphatic heterocycles. The van der Waals surface area contributed by atoms with E-state index in [1.807, 2.05) is 0 Å². The van der Waals surface area contributed by atoms with E-state index in [1.165, 1.54) is 44.4 Å². The molecule has 0 saturated carbocycles. The van der Waals surface area contributed by atoms with Gasteiger partial charge in [-0.15, -0.1) is 0 Å². The lowest BCUT2D eigenvalue weighted by Crippen LogP contribution is -2.51. The number of carbonyl (C=O) groups excluding carboxylic acids is 2. The van der Waals surface area contributed by atoms with Crippen LogP contribution in [-0.2, 0) is 16.6 Å². The van der Waals surface area contributed by atoms with Crippen LogP contribution in [0.15, 0.2) is 42.5 Å². The number of methoxy groups -OCH3 is 1. The molecule has 0 aliphatic rings. The van der Waals surface area contributed by atoms with Crippen molar-refractivity contribution in [3.63, 3.8) is 0 Å². The van der Waals surface area contributed by atoms with Crippen LogP contribution in [-0.4, -0.2) is 47.3 Å². The van der Waals surface area contributed by atoms with Gasteiger partial charge in [-0.3, -0.25) is 9.59 Å². The van der Waals surface area contributed by atoms with Crippen LogP contribution < -0.4 is 15.8 Å². The predicted octanol–water partition coefficient (Wildman–Crippen LogP) is 4.12. The molecule has 2 amide bonds. The zero-order chi connectivity index (χ0) is 27.6. The first-order chi connectivity index (χ1) is 17.2. The maximum atomic E-state index is 14.3. The summed E-state index contributed by atoms with van der Waals surface area (Å²) >= 11 is 0. The van der Waals surface area contributed by atoms with Gasteiger partial charge < -0.3 is 25.9 Å². The summed E-state index contributed by atoms with van der Waals surface area (Å²) in [6.45, 7) is 2.83. The molecule has 200 valence electrons. The molecular weight excluding hydrogens is 494 g/mol. The summed E-state index contributed by atoms with van der Waals surface area (Å²) in [5, 5.41) is 13.8. The second-order valence-electron chi connectivity index (χ2n) is 9.39. The third kappa shape index (κ3) is 6.04. The molecule has 3 aromatic rings. The first kappa shape index (κ1) is 28.0. The van der Waals surface area contributed by atoms with Crippen molar-refractivity contribution in [1.82, 2.24) is 10.3 Å². The zero-order valence-electron chi connectivity index (χ0n) is 20.6. The molecule has 0 saturated heterocycles. The number of hydrogen-bond donors (Lipinski definition) is 4. The summed E-state index contributed by atoms with van der Waals surface area (Å²) in [4.78, 5) is 26.0. The molecule has 1 aromatic heterocycles. The summed E-state index contributed by atoms with van der Waals surface area (Å²) in [6, 6.07) is 9.46. The Kier molecular flexibility index (Phi) is 7.87. The number of ether oxygens (including phenoxy) is 1. The number of primary amides is 1. The molecule has 0 radical (unpaired) electrons. The Labute approximate surface area is 211 Å². The Bertz CT molecular complexity index is 1310. The lowest BCUT2D eigenvalue weighted by Gasteiger charge is -2.40. The lowest BCUT2D eigenvalue weighted by molar-refractivity contribution is -0.267. The van der Waals surface area contributed by atoms with Gasteiger partial charge in [0.05, 0.1) is 13.7 Å². The van der Waals surface area contributed by atoms with Gasteiger partial charge in [0.25, 0.3) is 5.91 Å². The number of halogens is 4. The molecule has 2 aromatic carbocycles. The van der Waals surface area contributed by atoms with Gasteiger partial charge in [0.2, 0.25) is 5.91 Å². The van der Waals surface area contributed by atoms with Gasteiger partial charge in [0.15, 0.2) is 5.60 Å². The van der Waals surface area contributed by atoms with E-state index in [2.05, 4.69) is 10.3 Å². The highest BCUT2D eigenvalue weighted by Gasteiger charge is 2.56. The summed E-state index contributed by atoms with van der Waals surface area (Å²) in [7, 11) is 1.34. The average molecular weight is 524 g/mol. The van der Waals surface area contributed by atoms with Gasteiger partial charge in [-0.05, 0) is 60.7 Å². The van der Waals surface area contributed by atoms with Crippen molar-refractivity contribution in [2.45, 2.75) is 50.3 Å². The number of H-pyrrole nitrogens is 1. The van der Waals surface area contributed by atoms with E-state index in [4.69, 9.17) is 10.5 Å². The van der Waals surface area contributed by atoms with Crippen LogP contribution in [0, 0.1) is 5.82 Å². The molecule has 37 heavy (non-hydrogen) atoms. The second-order valence-corrected chi connectivity index (χ2v) is 9.39. The summed E-state index contributed by atoms with van der Waals surface area (Å²) in [5.41, 5.74) is 1.52. The number of aliphatic hydroxyl groups is 1. The van der Waals surface area contributed by atoms with Crippen LogP contribution in [0.1, 0.15) is 48.3 Å². The molecule has 5 N–H and O–H groups in total. The van der Waals surface area contributed by atoms with E-state index in [9.17, 15) is 32.3 Å². The number of nitrogens with one attached hydrogen (secondary N) is 2. The third-order valence-electron chi connectivity index (χ3n) is 6.65. The number of hydrogen-bond acceptors (Lipinski definition) is 4. The highest BCUT2D eigenvalue weighted by molar-refractivity contribution is 5.99. The standard InChI is InChI=1S/C26H29F4N3O4/c1-4-24(2,19-11-17(27)6-8-21(19)37-3)14-25(36,26(28,29)30)12-18-10-16-9-15(5-7-20(16)33-18)23(35)32-13-22(31)34/h5-11,33,36H,4,12-14H2,1-3H3,(H2,31,34)(H,32,35). The number of rotatable bonds is 10. The minimum Gasteiger partial charge on any atom is -0.496 e. The number of benzene rings is 2. The van der Waals surface area contributed by atoms with E-state index in [1.54, 1.807) is 6.92 Å².